The fourth-order valence-electron chi connectivity index (χ4n) is 3.18. The lowest BCUT2D eigenvalue weighted by molar-refractivity contribution is -0.120. The number of aromatic hydroxyl groups is 1. The second-order valence-corrected chi connectivity index (χ2v) is 7.07. The minimum Gasteiger partial charge on any atom is -0.507 e. The van der Waals surface area contributed by atoms with Crippen molar-refractivity contribution in [2.24, 2.45) is 10.5 Å². The predicted octanol–water partition coefficient (Wildman–Crippen LogP) is 3.41. The van der Waals surface area contributed by atoms with Crippen molar-refractivity contribution >= 4 is 28.2 Å². The van der Waals surface area contributed by atoms with Crippen molar-refractivity contribution in [3.63, 3.8) is 0 Å². The van der Waals surface area contributed by atoms with E-state index in [4.69, 9.17) is 0 Å². The second-order valence-electron chi connectivity index (χ2n) is 7.07. The Hall–Kier alpha value is -2.69. The highest BCUT2D eigenvalue weighted by atomic mass is 16.3. The average molecular weight is 324 g/mol. The van der Waals surface area contributed by atoms with Crippen molar-refractivity contribution in [3.8, 4) is 5.75 Å². The maximum atomic E-state index is 12.3. The number of ketones is 1. The summed E-state index contributed by atoms with van der Waals surface area (Å²) in [6.45, 7) is 4.02. The molecule has 1 amide bonds. The highest BCUT2D eigenvalue weighted by molar-refractivity contribution is 6.06. The molecule has 5 nitrogen and oxygen atoms in total. The fraction of sp³-hybridized carbons (Fsp3) is 0.316. The molecule has 0 spiro atoms. The highest BCUT2D eigenvalue weighted by Crippen LogP contribution is 2.31. The standard InChI is InChI=1S/C19H20N2O3/c1-19(2)10-14(9-15(22)11-19)20-21-18(24)16-7-12-5-3-4-6-13(12)8-17(16)23/h3-8,23H,9-11H2,1-2H3,(H,21,24)/b20-14-. The van der Waals surface area contributed by atoms with Crippen LogP contribution in [0.3, 0.4) is 0 Å². The molecule has 1 aliphatic rings. The van der Waals surface area contributed by atoms with E-state index in [-0.39, 0.29) is 28.9 Å². The molecule has 1 aliphatic carbocycles. The third-order valence-electron chi connectivity index (χ3n) is 4.18. The molecule has 0 aromatic heterocycles. The number of hydrazone groups is 1. The Balaban J connectivity index is 1.81. The van der Waals surface area contributed by atoms with Gasteiger partial charge >= 0.3 is 0 Å². The van der Waals surface area contributed by atoms with Gasteiger partial charge in [0.05, 0.1) is 5.56 Å². The van der Waals surface area contributed by atoms with Crippen molar-refractivity contribution in [2.75, 3.05) is 0 Å². The Bertz CT molecular complexity index is 853. The van der Waals surface area contributed by atoms with E-state index >= 15 is 0 Å². The maximum absolute atomic E-state index is 12.3. The molecule has 124 valence electrons. The Kier molecular flexibility index (Phi) is 4.09. The van der Waals surface area contributed by atoms with Gasteiger partial charge < -0.3 is 5.11 Å². The maximum Gasteiger partial charge on any atom is 0.275 e. The minimum atomic E-state index is -0.485. The zero-order valence-electron chi connectivity index (χ0n) is 13.8. The van der Waals surface area contributed by atoms with E-state index < -0.39 is 5.91 Å². The van der Waals surface area contributed by atoms with E-state index in [1.54, 1.807) is 12.1 Å². The number of carbonyl (C=O) groups is 2. The van der Waals surface area contributed by atoms with Crippen LogP contribution in [0.15, 0.2) is 41.5 Å². The summed E-state index contributed by atoms with van der Waals surface area (Å²) in [4.78, 5) is 24.1. The van der Waals surface area contributed by atoms with Crippen molar-refractivity contribution in [1.29, 1.82) is 0 Å². The third kappa shape index (κ3) is 3.45. The molecule has 2 N–H and O–H groups in total. The molecule has 0 radical (unpaired) electrons. The normalized spacial score (nSPS) is 18.8. The number of nitrogens with zero attached hydrogens (tertiary/aromatic N) is 1. The SMILES string of the molecule is CC1(C)CC(=O)C/C(=N/NC(=O)c2cc3ccccc3cc2O)C1. The fourth-order valence-corrected chi connectivity index (χ4v) is 3.18. The summed E-state index contributed by atoms with van der Waals surface area (Å²) < 4.78 is 0. The highest BCUT2D eigenvalue weighted by Gasteiger charge is 2.30. The van der Waals surface area contributed by atoms with E-state index in [1.165, 1.54) is 0 Å². The number of Topliss-reactive ketones (excluding diaryl/α,β-unsaturated/α-hetero) is 1. The summed E-state index contributed by atoms with van der Waals surface area (Å²) in [5.74, 6) is -0.444. The number of carbonyl (C=O) groups excluding carboxylic acids is 2. The van der Waals surface area contributed by atoms with Gasteiger partial charge in [0.25, 0.3) is 5.91 Å². The smallest absolute Gasteiger partial charge is 0.275 e. The zero-order valence-corrected chi connectivity index (χ0v) is 13.8. The first-order chi connectivity index (χ1) is 11.3. The van der Waals surface area contributed by atoms with Crippen LogP contribution < -0.4 is 5.43 Å². The summed E-state index contributed by atoms with van der Waals surface area (Å²) in [6, 6.07) is 10.7. The van der Waals surface area contributed by atoms with Crippen LogP contribution >= 0.6 is 0 Å². The number of nitrogens with one attached hydrogen (secondary N) is 1. The number of rotatable bonds is 2. The minimum absolute atomic E-state index is 0.0912. The van der Waals surface area contributed by atoms with Crippen LogP contribution in [0.2, 0.25) is 0 Å². The van der Waals surface area contributed by atoms with Crippen LogP contribution in [-0.2, 0) is 4.79 Å². The average Bonchev–Trinajstić information content (AvgIpc) is 2.50. The van der Waals surface area contributed by atoms with Crippen LogP contribution in [0, 0.1) is 5.41 Å². The van der Waals surface area contributed by atoms with Crippen molar-refractivity contribution in [1.82, 2.24) is 5.43 Å². The summed E-state index contributed by atoms with van der Waals surface area (Å²) in [5, 5.41) is 15.9. The number of phenols is 1. The van der Waals surface area contributed by atoms with Gasteiger partial charge in [0.15, 0.2) is 0 Å². The molecule has 0 saturated heterocycles. The molecule has 0 heterocycles. The molecular weight excluding hydrogens is 304 g/mol. The van der Waals surface area contributed by atoms with Gasteiger partial charge in [-0.25, -0.2) is 5.43 Å². The van der Waals surface area contributed by atoms with Crippen LogP contribution in [0.1, 0.15) is 43.5 Å². The number of benzene rings is 2. The Labute approximate surface area is 140 Å². The summed E-state index contributed by atoms with van der Waals surface area (Å²) in [7, 11) is 0. The molecule has 2 aromatic carbocycles. The molecule has 5 heteroatoms. The number of hydrogen-bond donors (Lipinski definition) is 2. The number of fused-ring (bicyclic) bond motifs is 1. The first-order valence-electron chi connectivity index (χ1n) is 7.93. The first kappa shape index (κ1) is 16.2. The van der Waals surface area contributed by atoms with Gasteiger partial charge in [-0.1, -0.05) is 38.1 Å². The van der Waals surface area contributed by atoms with Crippen LogP contribution in [0.4, 0.5) is 0 Å². The Morgan fingerprint density at radius 1 is 1.17 bits per heavy atom. The van der Waals surface area contributed by atoms with Gasteiger partial charge in [0, 0.05) is 18.6 Å². The molecule has 0 aliphatic heterocycles. The molecule has 1 saturated carbocycles. The summed E-state index contributed by atoms with van der Waals surface area (Å²) in [5.41, 5.74) is 3.17. The van der Waals surface area contributed by atoms with Crippen molar-refractivity contribution in [3.05, 3.63) is 42.0 Å². The lowest BCUT2D eigenvalue weighted by atomic mass is 9.76. The van der Waals surface area contributed by atoms with Crippen LogP contribution in [-0.4, -0.2) is 22.5 Å². The predicted molar refractivity (Wildman–Crippen MR) is 93.2 cm³/mol. The summed E-state index contributed by atoms with van der Waals surface area (Å²) >= 11 is 0. The van der Waals surface area contributed by atoms with E-state index in [0.717, 1.165) is 10.8 Å². The van der Waals surface area contributed by atoms with Gasteiger partial charge in [-0.05, 0) is 34.7 Å². The number of amides is 1. The van der Waals surface area contributed by atoms with E-state index in [9.17, 15) is 14.7 Å². The largest absolute Gasteiger partial charge is 0.507 e. The van der Waals surface area contributed by atoms with Crippen molar-refractivity contribution in [2.45, 2.75) is 33.1 Å². The number of phenolic OH excluding ortho intramolecular Hbond substituents is 1. The molecule has 0 atom stereocenters. The quantitative estimate of drug-likeness (QED) is 0.831. The van der Waals surface area contributed by atoms with E-state index in [2.05, 4.69) is 10.5 Å². The molecule has 1 fully saturated rings. The molecular formula is C19H20N2O3. The van der Waals surface area contributed by atoms with Crippen LogP contribution in [0.25, 0.3) is 10.8 Å². The lowest BCUT2D eigenvalue weighted by Crippen LogP contribution is -2.31. The Morgan fingerprint density at radius 2 is 1.83 bits per heavy atom. The Morgan fingerprint density at radius 3 is 2.50 bits per heavy atom. The molecule has 0 bridgehead atoms. The topological polar surface area (TPSA) is 78.8 Å². The molecule has 0 unspecified atom stereocenters. The van der Waals surface area contributed by atoms with Gasteiger partial charge in [-0.2, -0.15) is 5.10 Å². The van der Waals surface area contributed by atoms with Gasteiger partial charge in [0.1, 0.15) is 11.5 Å². The van der Waals surface area contributed by atoms with Gasteiger partial charge in [0.2, 0.25) is 0 Å². The second kappa shape index (κ2) is 6.07. The third-order valence-corrected chi connectivity index (χ3v) is 4.18. The monoisotopic (exact) mass is 324 g/mol. The van der Waals surface area contributed by atoms with Gasteiger partial charge in [-0.3, -0.25) is 9.59 Å². The lowest BCUT2D eigenvalue weighted by Gasteiger charge is -2.29. The number of hydrogen-bond acceptors (Lipinski definition) is 4. The molecule has 2 aromatic rings. The molecule has 3 rings (SSSR count). The summed E-state index contributed by atoms with van der Waals surface area (Å²) in [6.07, 6.45) is 1.47. The van der Waals surface area contributed by atoms with Crippen LogP contribution in [0.5, 0.6) is 5.75 Å². The zero-order chi connectivity index (χ0) is 17.3. The molecule has 24 heavy (non-hydrogen) atoms. The van der Waals surface area contributed by atoms with E-state index in [0.29, 0.717) is 18.6 Å². The van der Waals surface area contributed by atoms with Gasteiger partial charge in [-0.15, -0.1) is 0 Å². The van der Waals surface area contributed by atoms with Crippen molar-refractivity contribution < 1.29 is 14.7 Å². The first-order valence-corrected chi connectivity index (χ1v) is 7.93. The van der Waals surface area contributed by atoms with E-state index in [1.807, 2.05) is 38.1 Å².